The number of rotatable bonds is 3. The van der Waals surface area contributed by atoms with Crippen molar-refractivity contribution in [2.24, 2.45) is 0 Å². The molecule has 0 aliphatic carbocycles. The molecular weight excluding hydrogens is 385 g/mol. The summed E-state index contributed by atoms with van der Waals surface area (Å²) < 4.78 is 44.0. The molecule has 0 radical (unpaired) electrons. The lowest BCUT2D eigenvalue weighted by Crippen LogP contribution is -2.39. The Morgan fingerprint density at radius 2 is 2.17 bits per heavy atom. The molecule has 1 aliphatic heterocycles. The van der Waals surface area contributed by atoms with Crippen molar-refractivity contribution in [3.8, 4) is 0 Å². The highest BCUT2D eigenvalue weighted by Crippen LogP contribution is 2.32. The minimum absolute atomic E-state index is 0.00137. The molecule has 0 aromatic carbocycles. The van der Waals surface area contributed by atoms with Crippen molar-refractivity contribution in [1.82, 2.24) is 20.0 Å². The fraction of sp³-hybridized carbons (Fsp3) is 0.450. The highest BCUT2D eigenvalue weighted by molar-refractivity contribution is 5.96. The number of fused-ring (bicyclic) bond motifs is 1. The van der Waals surface area contributed by atoms with E-state index in [4.69, 9.17) is 4.52 Å². The summed E-state index contributed by atoms with van der Waals surface area (Å²) in [6.07, 6.45) is -2.26. The first-order valence-electron chi connectivity index (χ1n) is 9.59. The number of amides is 1. The van der Waals surface area contributed by atoms with E-state index in [1.165, 1.54) is 6.07 Å². The second-order valence-electron chi connectivity index (χ2n) is 7.36. The quantitative estimate of drug-likeness (QED) is 0.697. The van der Waals surface area contributed by atoms with E-state index in [0.29, 0.717) is 42.0 Å². The largest absolute Gasteiger partial charge is 0.433 e. The van der Waals surface area contributed by atoms with Crippen LogP contribution in [0, 0.1) is 6.92 Å². The number of nitrogens with zero attached hydrogens (tertiary/aromatic N) is 3. The standard InChI is InChI=1S/C20H21F3N4O2/c1-3-16-18(11(2)26-29-16)19(28)27-8-4-5-12(10-27)14-9-15-13(24-14)6-7-17(25-15)20(21,22)23/h6-7,9,12,24H,3-5,8,10H2,1-2H3. The average Bonchev–Trinajstić information content (AvgIpc) is 3.29. The van der Waals surface area contributed by atoms with Crippen LogP contribution in [0.2, 0.25) is 0 Å². The van der Waals surface area contributed by atoms with Crippen LogP contribution < -0.4 is 0 Å². The van der Waals surface area contributed by atoms with Gasteiger partial charge in [-0.3, -0.25) is 4.79 Å². The van der Waals surface area contributed by atoms with E-state index in [2.05, 4.69) is 15.1 Å². The number of likely N-dealkylation sites (tertiary alicyclic amines) is 1. The molecule has 154 valence electrons. The molecule has 1 saturated heterocycles. The van der Waals surface area contributed by atoms with Crippen molar-refractivity contribution < 1.29 is 22.5 Å². The first kappa shape index (κ1) is 19.5. The third-order valence-corrected chi connectivity index (χ3v) is 5.40. The molecule has 1 aliphatic rings. The van der Waals surface area contributed by atoms with Crippen molar-refractivity contribution in [3.05, 3.63) is 46.6 Å². The van der Waals surface area contributed by atoms with Crippen LogP contribution in [0.15, 0.2) is 22.7 Å². The molecule has 0 spiro atoms. The van der Waals surface area contributed by atoms with Gasteiger partial charge in [0.2, 0.25) is 0 Å². The zero-order chi connectivity index (χ0) is 20.8. The molecule has 1 unspecified atom stereocenters. The minimum Gasteiger partial charge on any atom is -0.360 e. The lowest BCUT2D eigenvalue weighted by atomic mass is 9.94. The molecule has 3 aromatic rings. The van der Waals surface area contributed by atoms with Gasteiger partial charge in [-0.1, -0.05) is 12.1 Å². The summed E-state index contributed by atoms with van der Waals surface area (Å²) in [6.45, 7) is 4.76. The molecular formula is C20H21F3N4O2. The molecule has 0 bridgehead atoms. The fourth-order valence-electron chi connectivity index (χ4n) is 3.91. The molecule has 1 N–H and O–H groups in total. The summed E-state index contributed by atoms with van der Waals surface area (Å²) in [7, 11) is 0. The molecule has 4 rings (SSSR count). The molecule has 1 amide bonds. The van der Waals surface area contributed by atoms with Crippen LogP contribution in [0.3, 0.4) is 0 Å². The van der Waals surface area contributed by atoms with Gasteiger partial charge in [-0.2, -0.15) is 13.2 Å². The summed E-state index contributed by atoms with van der Waals surface area (Å²) in [5, 5.41) is 3.91. The fourth-order valence-corrected chi connectivity index (χ4v) is 3.91. The lowest BCUT2D eigenvalue weighted by molar-refractivity contribution is -0.140. The topological polar surface area (TPSA) is 75.0 Å². The highest BCUT2D eigenvalue weighted by Gasteiger charge is 2.33. The van der Waals surface area contributed by atoms with Crippen LogP contribution in [-0.2, 0) is 12.6 Å². The lowest BCUT2D eigenvalue weighted by Gasteiger charge is -2.32. The van der Waals surface area contributed by atoms with Crippen LogP contribution in [0.1, 0.15) is 58.9 Å². The Hall–Kier alpha value is -2.84. The van der Waals surface area contributed by atoms with Crippen LogP contribution in [0.5, 0.6) is 0 Å². The van der Waals surface area contributed by atoms with E-state index >= 15 is 0 Å². The summed E-state index contributed by atoms with van der Waals surface area (Å²) in [6, 6.07) is 4.03. The van der Waals surface area contributed by atoms with Crippen molar-refractivity contribution in [3.63, 3.8) is 0 Å². The minimum atomic E-state index is -4.48. The summed E-state index contributed by atoms with van der Waals surface area (Å²) in [5.41, 5.74) is 1.80. The zero-order valence-electron chi connectivity index (χ0n) is 16.1. The molecule has 4 heterocycles. The smallest absolute Gasteiger partial charge is 0.360 e. The van der Waals surface area contributed by atoms with E-state index in [0.717, 1.165) is 24.6 Å². The number of carbonyl (C=O) groups is 1. The monoisotopic (exact) mass is 406 g/mol. The van der Waals surface area contributed by atoms with Crippen molar-refractivity contribution >= 4 is 16.9 Å². The first-order valence-corrected chi connectivity index (χ1v) is 9.59. The predicted molar refractivity (Wildman–Crippen MR) is 99.6 cm³/mol. The number of hydrogen-bond acceptors (Lipinski definition) is 4. The third kappa shape index (κ3) is 3.61. The van der Waals surface area contributed by atoms with E-state index in [1.807, 2.05) is 6.92 Å². The number of alkyl halides is 3. The van der Waals surface area contributed by atoms with Gasteiger partial charge in [-0.25, -0.2) is 4.98 Å². The predicted octanol–water partition coefficient (Wildman–Crippen LogP) is 4.46. The normalized spacial score (nSPS) is 17.8. The molecule has 1 fully saturated rings. The third-order valence-electron chi connectivity index (χ3n) is 5.40. The molecule has 9 heteroatoms. The summed E-state index contributed by atoms with van der Waals surface area (Å²) >= 11 is 0. The molecule has 1 atom stereocenters. The SMILES string of the molecule is CCc1onc(C)c1C(=O)N1CCCC(c2cc3nc(C(F)(F)F)ccc3[nH]2)C1. The Bertz CT molecular complexity index is 1050. The Morgan fingerprint density at radius 1 is 1.38 bits per heavy atom. The Morgan fingerprint density at radius 3 is 2.90 bits per heavy atom. The van der Waals surface area contributed by atoms with Gasteiger partial charge in [-0.05, 0) is 38.0 Å². The number of aryl methyl sites for hydroxylation is 2. The average molecular weight is 406 g/mol. The van der Waals surface area contributed by atoms with Gasteiger partial charge >= 0.3 is 6.18 Å². The van der Waals surface area contributed by atoms with Gasteiger partial charge in [0.25, 0.3) is 5.91 Å². The second-order valence-corrected chi connectivity index (χ2v) is 7.36. The number of pyridine rings is 1. The number of aromatic amines is 1. The van der Waals surface area contributed by atoms with E-state index in [9.17, 15) is 18.0 Å². The number of carbonyl (C=O) groups excluding carboxylic acids is 1. The number of aromatic nitrogens is 3. The summed E-state index contributed by atoms with van der Waals surface area (Å²) in [5.74, 6) is 0.462. The Kier molecular flexibility index (Phi) is 4.84. The van der Waals surface area contributed by atoms with Crippen molar-refractivity contribution in [1.29, 1.82) is 0 Å². The van der Waals surface area contributed by atoms with Crippen molar-refractivity contribution in [2.75, 3.05) is 13.1 Å². The van der Waals surface area contributed by atoms with E-state index in [-0.39, 0.29) is 17.3 Å². The first-order chi connectivity index (χ1) is 13.8. The van der Waals surface area contributed by atoms with Gasteiger partial charge in [0, 0.05) is 31.1 Å². The maximum absolute atomic E-state index is 13.0. The number of halogens is 3. The number of hydrogen-bond donors (Lipinski definition) is 1. The van der Waals surface area contributed by atoms with Crippen LogP contribution in [0.4, 0.5) is 13.2 Å². The maximum atomic E-state index is 13.0. The van der Waals surface area contributed by atoms with Gasteiger partial charge < -0.3 is 14.4 Å². The Labute approximate surface area is 165 Å². The highest BCUT2D eigenvalue weighted by atomic mass is 19.4. The van der Waals surface area contributed by atoms with Gasteiger partial charge in [0.05, 0.1) is 16.7 Å². The summed E-state index contributed by atoms with van der Waals surface area (Å²) in [4.78, 5) is 21.7. The molecule has 6 nitrogen and oxygen atoms in total. The second kappa shape index (κ2) is 7.20. The number of H-pyrrole nitrogens is 1. The van der Waals surface area contributed by atoms with Crippen LogP contribution in [0.25, 0.3) is 11.0 Å². The van der Waals surface area contributed by atoms with Crippen LogP contribution >= 0.6 is 0 Å². The van der Waals surface area contributed by atoms with Gasteiger partial charge in [-0.15, -0.1) is 0 Å². The van der Waals surface area contributed by atoms with E-state index in [1.54, 1.807) is 17.9 Å². The maximum Gasteiger partial charge on any atom is 0.433 e. The molecule has 0 saturated carbocycles. The Balaban J connectivity index is 1.58. The van der Waals surface area contributed by atoms with Crippen molar-refractivity contribution in [2.45, 2.75) is 45.2 Å². The van der Waals surface area contributed by atoms with Gasteiger partial charge in [0.15, 0.2) is 0 Å². The van der Waals surface area contributed by atoms with E-state index < -0.39 is 11.9 Å². The van der Waals surface area contributed by atoms with Gasteiger partial charge in [0.1, 0.15) is 17.0 Å². The molecule has 29 heavy (non-hydrogen) atoms. The number of nitrogens with one attached hydrogen (secondary N) is 1. The number of piperidine rings is 1. The zero-order valence-corrected chi connectivity index (χ0v) is 16.1. The molecule has 3 aromatic heterocycles. The van der Waals surface area contributed by atoms with Crippen LogP contribution in [-0.4, -0.2) is 39.0 Å².